The third-order valence-electron chi connectivity index (χ3n) is 8.20. The van der Waals surface area contributed by atoms with Gasteiger partial charge in [0.15, 0.2) is 0 Å². The summed E-state index contributed by atoms with van der Waals surface area (Å²) in [7, 11) is 0. The lowest BCUT2D eigenvalue weighted by Crippen LogP contribution is -2.70. The Kier molecular flexibility index (Phi) is 21.4. The number of rotatable bonds is 25. The average Bonchev–Trinajstić information content (AvgIpc) is 2.86. The van der Waals surface area contributed by atoms with Crippen LogP contribution in [0.15, 0.2) is 0 Å². The Morgan fingerprint density at radius 3 is 1.36 bits per heavy atom. The van der Waals surface area contributed by atoms with E-state index in [4.69, 9.17) is 0 Å². The standard InChI is InChI=1S/C37H81N5/c1-15-19-23-29-41(42(35(9,10)11)36(12,13)14)30-24-22-25-37(38-26-18-4,39(27-20-16-2)28-21-17-3)40(31-33(5)6)32-34(7)8/h33-34,38H,15-32H2,1-14H3. The molecule has 0 aliphatic carbocycles. The van der Waals surface area contributed by atoms with Crippen LogP contribution in [0.2, 0.25) is 0 Å². The molecule has 1 atom stereocenters. The van der Waals surface area contributed by atoms with Crippen molar-refractivity contribution in [3.63, 3.8) is 0 Å². The van der Waals surface area contributed by atoms with Crippen LogP contribution in [0.25, 0.3) is 0 Å². The highest BCUT2D eigenvalue weighted by Crippen LogP contribution is 2.31. The molecule has 5 nitrogen and oxygen atoms in total. The molecule has 0 aromatic rings. The second-order valence-corrected chi connectivity index (χ2v) is 15.9. The molecule has 0 aliphatic rings. The first kappa shape index (κ1) is 41.8. The summed E-state index contributed by atoms with van der Waals surface area (Å²) in [4.78, 5) is 5.76. The van der Waals surface area contributed by atoms with E-state index in [2.05, 4.69) is 122 Å². The van der Waals surface area contributed by atoms with E-state index in [9.17, 15) is 0 Å². The maximum absolute atomic E-state index is 4.24. The van der Waals surface area contributed by atoms with Crippen molar-refractivity contribution in [2.24, 2.45) is 11.8 Å². The third kappa shape index (κ3) is 15.7. The van der Waals surface area contributed by atoms with E-state index in [1.807, 2.05) is 0 Å². The summed E-state index contributed by atoms with van der Waals surface area (Å²) < 4.78 is 0. The molecule has 0 saturated carbocycles. The van der Waals surface area contributed by atoms with Crippen LogP contribution in [-0.4, -0.2) is 82.5 Å². The Labute approximate surface area is 266 Å². The molecule has 5 heteroatoms. The van der Waals surface area contributed by atoms with Gasteiger partial charge in [0, 0.05) is 50.3 Å². The molecule has 0 spiro atoms. The molecule has 0 aromatic carbocycles. The topological polar surface area (TPSA) is 25.0 Å². The van der Waals surface area contributed by atoms with E-state index in [-0.39, 0.29) is 16.9 Å². The number of nitrogens with zero attached hydrogens (tertiary/aromatic N) is 4. The quantitative estimate of drug-likeness (QED) is 0.0644. The predicted octanol–water partition coefficient (Wildman–Crippen LogP) is 9.63. The lowest BCUT2D eigenvalue weighted by molar-refractivity contribution is -0.152. The number of hydrogen-bond acceptors (Lipinski definition) is 5. The molecule has 0 aromatic heterocycles. The van der Waals surface area contributed by atoms with E-state index in [0.717, 1.165) is 32.7 Å². The molecule has 42 heavy (non-hydrogen) atoms. The zero-order valence-electron chi connectivity index (χ0n) is 31.7. The summed E-state index contributed by atoms with van der Waals surface area (Å²) in [5.74, 6) is 1.22. The molecule has 0 saturated heterocycles. The second-order valence-electron chi connectivity index (χ2n) is 15.9. The van der Waals surface area contributed by atoms with Gasteiger partial charge < -0.3 is 0 Å². The van der Waals surface area contributed by atoms with Gasteiger partial charge in [-0.1, -0.05) is 81.1 Å². The minimum atomic E-state index is -0.0737. The van der Waals surface area contributed by atoms with Gasteiger partial charge >= 0.3 is 0 Å². The van der Waals surface area contributed by atoms with Crippen LogP contribution in [-0.2, 0) is 0 Å². The number of unbranched alkanes of at least 4 members (excludes halogenated alkanes) is 5. The monoisotopic (exact) mass is 596 g/mol. The van der Waals surface area contributed by atoms with Crippen LogP contribution in [0, 0.1) is 11.8 Å². The largest absolute Gasteiger partial charge is 0.287 e. The van der Waals surface area contributed by atoms with Crippen LogP contribution in [0.3, 0.4) is 0 Å². The van der Waals surface area contributed by atoms with Crippen LogP contribution < -0.4 is 5.32 Å². The van der Waals surface area contributed by atoms with Gasteiger partial charge in [-0.25, -0.2) is 10.0 Å². The fourth-order valence-electron chi connectivity index (χ4n) is 6.97. The molecule has 1 unspecified atom stereocenters. The molecule has 254 valence electrons. The minimum Gasteiger partial charge on any atom is -0.287 e. The number of nitrogens with one attached hydrogen (secondary N) is 1. The van der Waals surface area contributed by atoms with Gasteiger partial charge in [-0.3, -0.25) is 15.1 Å². The number of hydrazine groups is 1. The van der Waals surface area contributed by atoms with Crippen molar-refractivity contribution in [1.82, 2.24) is 25.1 Å². The van der Waals surface area contributed by atoms with Crippen molar-refractivity contribution in [2.75, 3.05) is 45.8 Å². The first-order chi connectivity index (χ1) is 19.6. The first-order valence-corrected chi connectivity index (χ1v) is 18.4. The normalized spacial score (nSPS) is 14.9. The zero-order chi connectivity index (χ0) is 32.4. The van der Waals surface area contributed by atoms with E-state index in [1.54, 1.807) is 0 Å². The van der Waals surface area contributed by atoms with Gasteiger partial charge in [0.05, 0.1) is 0 Å². The van der Waals surface area contributed by atoms with Gasteiger partial charge in [-0.05, 0) is 105 Å². The second kappa shape index (κ2) is 21.5. The van der Waals surface area contributed by atoms with Crippen molar-refractivity contribution >= 4 is 0 Å². The maximum atomic E-state index is 4.24. The Morgan fingerprint density at radius 1 is 0.524 bits per heavy atom. The molecule has 0 rings (SSSR count). The number of hydrogen-bond donors (Lipinski definition) is 1. The minimum absolute atomic E-state index is 0.0737. The van der Waals surface area contributed by atoms with Crippen LogP contribution in [0.5, 0.6) is 0 Å². The molecule has 0 amide bonds. The molecule has 0 bridgehead atoms. The molecule has 0 aliphatic heterocycles. The van der Waals surface area contributed by atoms with Crippen LogP contribution in [0.4, 0.5) is 0 Å². The average molecular weight is 596 g/mol. The SMILES string of the molecule is CCCCCN(CCCCC(NCCC)(N(CCCC)CCCC)N(CC(C)C)CC(C)C)N(C(C)(C)C)C(C)(C)C. The van der Waals surface area contributed by atoms with E-state index >= 15 is 0 Å². The van der Waals surface area contributed by atoms with Crippen molar-refractivity contribution in [2.45, 2.75) is 184 Å². The summed E-state index contributed by atoms with van der Waals surface area (Å²) in [5, 5.41) is 9.66. The van der Waals surface area contributed by atoms with E-state index in [0.29, 0.717) is 11.8 Å². The highest BCUT2D eigenvalue weighted by atomic mass is 15.7. The highest BCUT2D eigenvalue weighted by Gasteiger charge is 2.42. The van der Waals surface area contributed by atoms with Gasteiger partial charge in [-0.15, -0.1) is 0 Å². The van der Waals surface area contributed by atoms with Crippen molar-refractivity contribution in [3.8, 4) is 0 Å². The fourth-order valence-corrected chi connectivity index (χ4v) is 6.97. The van der Waals surface area contributed by atoms with Crippen molar-refractivity contribution in [3.05, 3.63) is 0 Å². The van der Waals surface area contributed by atoms with E-state index in [1.165, 1.54) is 83.7 Å². The lowest BCUT2D eigenvalue weighted by atomic mass is 9.98. The smallest absolute Gasteiger partial charge is 0.128 e. The van der Waals surface area contributed by atoms with Crippen LogP contribution in [0.1, 0.15) is 168 Å². The summed E-state index contributed by atoms with van der Waals surface area (Å²) in [6, 6.07) is 0. The summed E-state index contributed by atoms with van der Waals surface area (Å²) >= 11 is 0. The Hall–Kier alpha value is -0.200. The highest BCUT2D eigenvalue weighted by molar-refractivity contribution is 4.91. The fraction of sp³-hybridized carbons (Fsp3) is 1.00. The zero-order valence-corrected chi connectivity index (χ0v) is 31.7. The van der Waals surface area contributed by atoms with Gasteiger partial charge in [0.1, 0.15) is 5.79 Å². The van der Waals surface area contributed by atoms with Gasteiger partial charge in [0.25, 0.3) is 0 Å². The van der Waals surface area contributed by atoms with Crippen molar-refractivity contribution < 1.29 is 0 Å². The summed E-state index contributed by atoms with van der Waals surface area (Å²) in [6.45, 7) is 41.3. The Balaban J connectivity index is 6.40. The Bertz CT molecular complexity index is 603. The van der Waals surface area contributed by atoms with Crippen molar-refractivity contribution in [1.29, 1.82) is 0 Å². The molecular formula is C37H81N5. The molecular weight excluding hydrogens is 514 g/mol. The van der Waals surface area contributed by atoms with E-state index < -0.39 is 0 Å². The Morgan fingerprint density at radius 2 is 0.976 bits per heavy atom. The molecule has 1 N–H and O–H groups in total. The van der Waals surface area contributed by atoms with Gasteiger partial charge in [0.2, 0.25) is 0 Å². The molecule has 0 fully saturated rings. The third-order valence-corrected chi connectivity index (χ3v) is 8.20. The maximum Gasteiger partial charge on any atom is 0.128 e. The predicted molar refractivity (Wildman–Crippen MR) is 190 cm³/mol. The summed E-state index contributed by atoms with van der Waals surface area (Å²) in [5.41, 5.74) is 0.193. The first-order valence-electron chi connectivity index (χ1n) is 18.4. The van der Waals surface area contributed by atoms with Gasteiger partial charge in [-0.2, -0.15) is 0 Å². The molecule has 0 radical (unpaired) electrons. The lowest BCUT2D eigenvalue weighted by Gasteiger charge is -2.53. The van der Waals surface area contributed by atoms with Crippen LogP contribution >= 0.6 is 0 Å². The molecule has 0 heterocycles. The summed E-state index contributed by atoms with van der Waals surface area (Å²) in [6.07, 6.45) is 13.7.